The van der Waals surface area contributed by atoms with Gasteiger partial charge in [0.1, 0.15) is 0 Å². The highest BCUT2D eigenvalue weighted by Crippen LogP contribution is 2.15. The number of amides is 1. The maximum absolute atomic E-state index is 11.7. The summed E-state index contributed by atoms with van der Waals surface area (Å²) in [5, 5.41) is 8.27. The van der Waals surface area contributed by atoms with Crippen molar-refractivity contribution in [1.29, 1.82) is 0 Å². The molecule has 1 aromatic rings. The van der Waals surface area contributed by atoms with E-state index in [9.17, 15) is 4.79 Å². The van der Waals surface area contributed by atoms with Crippen LogP contribution in [0.3, 0.4) is 0 Å². The van der Waals surface area contributed by atoms with Crippen molar-refractivity contribution in [1.82, 2.24) is 10.6 Å². The van der Waals surface area contributed by atoms with Gasteiger partial charge in [-0.25, -0.2) is 0 Å². The smallest absolute Gasteiger partial charge is 0.222 e. The number of aryl methyl sites for hydroxylation is 1. The molecule has 0 radical (unpaired) electrons. The highest BCUT2D eigenvalue weighted by molar-refractivity contribution is 7.10. The predicted octanol–water partition coefficient (Wildman–Crippen LogP) is 1.09. The van der Waals surface area contributed by atoms with Crippen LogP contribution >= 0.6 is 11.3 Å². The minimum atomic E-state index is 0.0298. The third kappa shape index (κ3) is 4.08. The molecule has 1 aliphatic rings. The molecule has 0 aromatic carbocycles. The lowest BCUT2D eigenvalue weighted by Gasteiger charge is -2.23. The Hall–Kier alpha value is -0.910. The maximum Gasteiger partial charge on any atom is 0.222 e. The molecule has 1 atom stereocenters. The topological polar surface area (TPSA) is 50.4 Å². The maximum atomic E-state index is 11.7. The van der Waals surface area contributed by atoms with E-state index >= 15 is 0 Å². The molecular formula is C13H20N2O2S. The number of carbonyl (C=O) groups excluding carboxylic acids is 1. The van der Waals surface area contributed by atoms with E-state index in [0.29, 0.717) is 19.6 Å². The molecule has 0 unspecified atom stereocenters. The summed E-state index contributed by atoms with van der Waals surface area (Å²) in [6.45, 7) is 5.18. The van der Waals surface area contributed by atoms with E-state index in [-0.39, 0.29) is 12.0 Å². The van der Waals surface area contributed by atoms with E-state index in [0.717, 1.165) is 19.5 Å². The standard InChI is InChI=1S/C13H20N2O2S/c1-10-3-7-18-12(10)2-4-15-13(16)8-11-9-14-5-6-17-11/h3,7,11,14H,2,4-6,8-9H2,1H3,(H,15,16)/t11-/m1/s1. The first-order chi connectivity index (χ1) is 8.75. The van der Waals surface area contributed by atoms with Gasteiger partial charge in [0.15, 0.2) is 0 Å². The lowest BCUT2D eigenvalue weighted by atomic mass is 10.2. The third-order valence-corrected chi connectivity index (χ3v) is 4.14. The van der Waals surface area contributed by atoms with Crippen molar-refractivity contribution in [3.05, 3.63) is 21.9 Å². The van der Waals surface area contributed by atoms with Gasteiger partial charge in [0.2, 0.25) is 5.91 Å². The molecule has 1 aliphatic heterocycles. The summed E-state index contributed by atoms with van der Waals surface area (Å²) < 4.78 is 5.50. The SMILES string of the molecule is Cc1ccsc1CCNC(=O)C[C@@H]1CNCCO1. The predicted molar refractivity (Wildman–Crippen MR) is 73.0 cm³/mol. The number of morpholine rings is 1. The van der Waals surface area contributed by atoms with Gasteiger partial charge in [-0.05, 0) is 30.4 Å². The zero-order valence-electron chi connectivity index (χ0n) is 10.7. The van der Waals surface area contributed by atoms with Gasteiger partial charge in [-0.2, -0.15) is 0 Å². The van der Waals surface area contributed by atoms with Gasteiger partial charge in [-0.3, -0.25) is 4.79 Å². The number of nitrogens with one attached hydrogen (secondary N) is 2. The van der Waals surface area contributed by atoms with Crippen LogP contribution in [0.4, 0.5) is 0 Å². The second-order valence-electron chi connectivity index (χ2n) is 4.53. The largest absolute Gasteiger partial charge is 0.375 e. The Morgan fingerprint density at radius 1 is 1.67 bits per heavy atom. The molecule has 100 valence electrons. The molecule has 1 amide bonds. The van der Waals surface area contributed by atoms with Crippen LogP contribution in [-0.4, -0.2) is 38.3 Å². The Morgan fingerprint density at radius 2 is 2.56 bits per heavy atom. The Morgan fingerprint density at radius 3 is 3.22 bits per heavy atom. The van der Waals surface area contributed by atoms with E-state index in [1.165, 1.54) is 10.4 Å². The van der Waals surface area contributed by atoms with Crippen molar-refractivity contribution < 1.29 is 9.53 Å². The highest BCUT2D eigenvalue weighted by atomic mass is 32.1. The summed E-state index contributed by atoms with van der Waals surface area (Å²) in [4.78, 5) is 13.1. The molecule has 2 N–H and O–H groups in total. The van der Waals surface area contributed by atoms with Crippen molar-refractivity contribution in [3.63, 3.8) is 0 Å². The van der Waals surface area contributed by atoms with Crippen molar-refractivity contribution in [2.24, 2.45) is 0 Å². The van der Waals surface area contributed by atoms with Gasteiger partial charge in [0.05, 0.1) is 19.1 Å². The number of carbonyl (C=O) groups is 1. The Balaban J connectivity index is 1.64. The molecule has 0 saturated carbocycles. The fraction of sp³-hybridized carbons (Fsp3) is 0.615. The van der Waals surface area contributed by atoms with Gasteiger partial charge in [0.25, 0.3) is 0 Å². The molecule has 0 spiro atoms. The minimum absolute atomic E-state index is 0.0298. The first kappa shape index (κ1) is 13.5. The normalized spacial score (nSPS) is 19.7. The average molecular weight is 268 g/mol. The van der Waals surface area contributed by atoms with Gasteiger partial charge < -0.3 is 15.4 Å². The summed E-state index contributed by atoms with van der Waals surface area (Å²) in [6.07, 6.45) is 1.40. The summed E-state index contributed by atoms with van der Waals surface area (Å²) in [7, 11) is 0. The number of thiophene rings is 1. The second kappa shape index (κ2) is 6.87. The van der Waals surface area contributed by atoms with E-state index in [2.05, 4.69) is 29.0 Å². The summed E-state index contributed by atoms with van der Waals surface area (Å²) >= 11 is 1.75. The molecule has 18 heavy (non-hydrogen) atoms. The molecule has 1 saturated heterocycles. The van der Waals surface area contributed by atoms with Crippen LogP contribution in [0.25, 0.3) is 0 Å². The first-order valence-corrected chi connectivity index (χ1v) is 7.25. The molecule has 0 aliphatic carbocycles. The molecular weight excluding hydrogens is 248 g/mol. The average Bonchev–Trinajstić information content (AvgIpc) is 2.76. The number of rotatable bonds is 5. The van der Waals surface area contributed by atoms with Crippen LogP contribution in [0.2, 0.25) is 0 Å². The van der Waals surface area contributed by atoms with Crippen LogP contribution in [0.1, 0.15) is 16.9 Å². The fourth-order valence-corrected chi connectivity index (χ4v) is 2.92. The second-order valence-corrected chi connectivity index (χ2v) is 5.53. The monoisotopic (exact) mass is 268 g/mol. The number of ether oxygens (including phenoxy) is 1. The number of hydrogen-bond acceptors (Lipinski definition) is 4. The van der Waals surface area contributed by atoms with E-state index in [1.54, 1.807) is 11.3 Å². The summed E-state index contributed by atoms with van der Waals surface area (Å²) in [6, 6.07) is 2.11. The lowest BCUT2D eigenvalue weighted by Crippen LogP contribution is -2.41. The zero-order chi connectivity index (χ0) is 12.8. The van der Waals surface area contributed by atoms with Crippen LogP contribution in [0, 0.1) is 6.92 Å². The Labute approximate surface area is 112 Å². The van der Waals surface area contributed by atoms with Crippen molar-refractivity contribution in [2.75, 3.05) is 26.2 Å². The first-order valence-electron chi connectivity index (χ1n) is 6.37. The number of hydrogen-bond donors (Lipinski definition) is 2. The minimum Gasteiger partial charge on any atom is -0.375 e. The van der Waals surface area contributed by atoms with Crippen LogP contribution in [-0.2, 0) is 16.0 Å². The van der Waals surface area contributed by atoms with Crippen molar-refractivity contribution >= 4 is 17.2 Å². The third-order valence-electron chi connectivity index (χ3n) is 3.06. The Kier molecular flexibility index (Phi) is 5.16. The summed E-state index contributed by atoms with van der Waals surface area (Å²) in [5.74, 6) is 0.0814. The van der Waals surface area contributed by atoms with Crippen molar-refractivity contribution in [2.45, 2.75) is 25.9 Å². The molecule has 1 aromatic heterocycles. The molecule has 5 heteroatoms. The van der Waals surface area contributed by atoms with E-state index < -0.39 is 0 Å². The van der Waals surface area contributed by atoms with E-state index in [4.69, 9.17) is 4.74 Å². The van der Waals surface area contributed by atoms with E-state index in [1.807, 2.05) is 0 Å². The van der Waals surface area contributed by atoms with Gasteiger partial charge in [0, 0.05) is 24.5 Å². The lowest BCUT2D eigenvalue weighted by molar-refractivity contribution is -0.124. The molecule has 2 rings (SSSR count). The molecule has 4 nitrogen and oxygen atoms in total. The highest BCUT2D eigenvalue weighted by Gasteiger charge is 2.16. The Bertz CT molecular complexity index is 386. The zero-order valence-corrected chi connectivity index (χ0v) is 11.5. The quantitative estimate of drug-likeness (QED) is 0.840. The van der Waals surface area contributed by atoms with Crippen LogP contribution in [0.15, 0.2) is 11.4 Å². The molecule has 2 heterocycles. The fourth-order valence-electron chi connectivity index (χ4n) is 2.01. The van der Waals surface area contributed by atoms with Crippen molar-refractivity contribution in [3.8, 4) is 0 Å². The van der Waals surface area contributed by atoms with Crippen LogP contribution < -0.4 is 10.6 Å². The summed E-state index contributed by atoms with van der Waals surface area (Å²) in [5.41, 5.74) is 1.31. The van der Waals surface area contributed by atoms with Gasteiger partial charge in [-0.1, -0.05) is 0 Å². The van der Waals surface area contributed by atoms with Gasteiger partial charge >= 0.3 is 0 Å². The molecule has 1 fully saturated rings. The van der Waals surface area contributed by atoms with Crippen LogP contribution in [0.5, 0.6) is 0 Å². The molecule has 0 bridgehead atoms. The van der Waals surface area contributed by atoms with Gasteiger partial charge in [-0.15, -0.1) is 11.3 Å².